The van der Waals surface area contributed by atoms with Gasteiger partial charge in [-0.2, -0.15) is 4.98 Å². The van der Waals surface area contributed by atoms with E-state index in [1.165, 1.54) is 32.1 Å². The first kappa shape index (κ1) is 13.2. The standard InChI is InChI=1S/C16H21N3O/c1-2-11-6-5-7-12(10-11)15-18-16(20-19-15)13-8-3-4-9-14(13)17/h3-4,8-9,11-12H,2,5-7,10,17H2,1H3. The third-order valence-corrected chi connectivity index (χ3v) is 4.36. The Labute approximate surface area is 119 Å². The predicted octanol–water partition coefficient (Wildman–Crippen LogP) is 4.00. The number of hydrogen-bond acceptors (Lipinski definition) is 4. The maximum Gasteiger partial charge on any atom is 0.260 e. The van der Waals surface area contributed by atoms with Gasteiger partial charge < -0.3 is 10.3 Å². The van der Waals surface area contributed by atoms with Crippen molar-refractivity contribution in [2.45, 2.75) is 44.9 Å². The van der Waals surface area contributed by atoms with Gasteiger partial charge in [-0.1, -0.05) is 43.5 Å². The summed E-state index contributed by atoms with van der Waals surface area (Å²) < 4.78 is 5.41. The van der Waals surface area contributed by atoms with Gasteiger partial charge in [0.05, 0.1) is 5.56 Å². The van der Waals surface area contributed by atoms with Crippen LogP contribution in [0.15, 0.2) is 28.8 Å². The number of anilines is 1. The molecule has 4 heteroatoms. The summed E-state index contributed by atoms with van der Waals surface area (Å²) in [6.45, 7) is 2.26. The van der Waals surface area contributed by atoms with Crippen molar-refractivity contribution >= 4 is 5.69 Å². The van der Waals surface area contributed by atoms with E-state index in [0.717, 1.165) is 17.3 Å². The summed E-state index contributed by atoms with van der Waals surface area (Å²) in [6.07, 6.45) is 6.19. The van der Waals surface area contributed by atoms with Gasteiger partial charge in [0.1, 0.15) is 0 Å². The second-order valence-corrected chi connectivity index (χ2v) is 5.68. The smallest absolute Gasteiger partial charge is 0.260 e. The Morgan fingerprint density at radius 1 is 1.30 bits per heavy atom. The molecular weight excluding hydrogens is 250 g/mol. The van der Waals surface area contributed by atoms with Crippen molar-refractivity contribution in [1.82, 2.24) is 10.1 Å². The lowest BCUT2D eigenvalue weighted by Gasteiger charge is -2.26. The number of hydrogen-bond donors (Lipinski definition) is 1. The highest BCUT2D eigenvalue weighted by Crippen LogP contribution is 2.37. The Morgan fingerprint density at radius 3 is 2.95 bits per heavy atom. The zero-order chi connectivity index (χ0) is 13.9. The van der Waals surface area contributed by atoms with Gasteiger partial charge in [-0.05, 0) is 30.9 Å². The average Bonchev–Trinajstić information content (AvgIpc) is 2.97. The third kappa shape index (κ3) is 2.55. The highest BCUT2D eigenvalue weighted by Gasteiger charge is 2.26. The van der Waals surface area contributed by atoms with Crippen LogP contribution in [-0.2, 0) is 0 Å². The summed E-state index contributed by atoms with van der Waals surface area (Å²) in [5.41, 5.74) is 7.46. The van der Waals surface area contributed by atoms with Crippen molar-refractivity contribution in [3.8, 4) is 11.5 Å². The lowest BCUT2D eigenvalue weighted by atomic mass is 9.80. The van der Waals surface area contributed by atoms with Crippen molar-refractivity contribution in [2.75, 3.05) is 5.73 Å². The van der Waals surface area contributed by atoms with Crippen LogP contribution < -0.4 is 5.73 Å². The first-order valence-electron chi connectivity index (χ1n) is 7.46. The van der Waals surface area contributed by atoms with E-state index in [-0.39, 0.29) is 0 Å². The summed E-state index contributed by atoms with van der Waals surface area (Å²) >= 11 is 0. The SMILES string of the molecule is CCC1CCCC(c2noc(-c3ccccc3N)n2)C1. The average molecular weight is 271 g/mol. The summed E-state index contributed by atoms with van der Waals surface area (Å²) in [4.78, 5) is 4.58. The van der Waals surface area contributed by atoms with Gasteiger partial charge in [-0.15, -0.1) is 0 Å². The van der Waals surface area contributed by atoms with Crippen LogP contribution >= 0.6 is 0 Å². The Bertz CT molecular complexity index is 579. The molecule has 2 N–H and O–H groups in total. The lowest BCUT2D eigenvalue weighted by molar-refractivity contribution is 0.300. The van der Waals surface area contributed by atoms with Crippen molar-refractivity contribution < 1.29 is 4.52 Å². The highest BCUT2D eigenvalue weighted by atomic mass is 16.5. The fourth-order valence-electron chi connectivity index (χ4n) is 3.10. The van der Waals surface area contributed by atoms with E-state index in [1.807, 2.05) is 24.3 Å². The lowest BCUT2D eigenvalue weighted by Crippen LogP contribution is -2.14. The van der Waals surface area contributed by atoms with Gasteiger partial charge in [0.25, 0.3) is 5.89 Å². The van der Waals surface area contributed by atoms with Crippen molar-refractivity contribution in [1.29, 1.82) is 0 Å². The molecule has 1 saturated carbocycles. The molecule has 1 fully saturated rings. The molecule has 4 nitrogen and oxygen atoms in total. The van der Waals surface area contributed by atoms with Crippen LogP contribution in [0.1, 0.15) is 50.8 Å². The zero-order valence-electron chi connectivity index (χ0n) is 11.9. The van der Waals surface area contributed by atoms with E-state index < -0.39 is 0 Å². The van der Waals surface area contributed by atoms with Crippen LogP contribution in [0.5, 0.6) is 0 Å². The Morgan fingerprint density at radius 2 is 2.15 bits per heavy atom. The number of nitrogens with zero attached hydrogens (tertiary/aromatic N) is 2. The van der Waals surface area contributed by atoms with E-state index in [1.54, 1.807) is 0 Å². The molecule has 0 aliphatic heterocycles. The van der Waals surface area contributed by atoms with Crippen LogP contribution in [0.25, 0.3) is 11.5 Å². The molecule has 0 amide bonds. The molecule has 1 aromatic heterocycles. The van der Waals surface area contributed by atoms with Gasteiger partial charge in [0, 0.05) is 11.6 Å². The summed E-state index contributed by atoms with van der Waals surface area (Å²) in [5.74, 6) is 2.63. The fraction of sp³-hybridized carbons (Fsp3) is 0.500. The number of aromatic nitrogens is 2. The van der Waals surface area contributed by atoms with Gasteiger partial charge in [-0.3, -0.25) is 0 Å². The maximum absolute atomic E-state index is 5.96. The molecule has 1 aromatic carbocycles. The predicted molar refractivity (Wildman–Crippen MR) is 79.1 cm³/mol. The van der Waals surface area contributed by atoms with E-state index in [4.69, 9.17) is 10.3 Å². The monoisotopic (exact) mass is 271 g/mol. The molecule has 1 heterocycles. The topological polar surface area (TPSA) is 64.9 Å². The van der Waals surface area contributed by atoms with Crippen molar-refractivity contribution in [3.05, 3.63) is 30.1 Å². The second-order valence-electron chi connectivity index (χ2n) is 5.68. The first-order chi connectivity index (χ1) is 9.78. The highest BCUT2D eigenvalue weighted by molar-refractivity contribution is 5.69. The Balaban J connectivity index is 1.82. The first-order valence-corrected chi connectivity index (χ1v) is 7.46. The zero-order valence-corrected chi connectivity index (χ0v) is 11.9. The van der Waals surface area contributed by atoms with Gasteiger partial charge >= 0.3 is 0 Å². The minimum absolute atomic E-state index is 0.441. The maximum atomic E-state index is 5.96. The van der Waals surface area contributed by atoms with Gasteiger partial charge in [-0.25, -0.2) is 0 Å². The minimum atomic E-state index is 0.441. The molecule has 2 atom stereocenters. The van der Waals surface area contributed by atoms with E-state index in [2.05, 4.69) is 17.1 Å². The summed E-state index contributed by atoms with van der Waals surface area (Å²) in [6, 6.07) is 7.61. The molecule has 0 spiro atoms. The number of benzene rings is 1. The van der Waals surface area contributed by atoms with Crippen molar-refractivity contribution in [3.63, 3.8) is 0 Å². The largest absolute Gasteiger partial charge is 0.398 e. The van der Waals surface area contributed by atoms with Gasteiger partial charge in [0.2, 0.25) is 0 Å². The molecular formula is C16H21N3O. The second kappa shape index (κ2) is 5.65. The number of nitrogens with two attached hydrogens (primary N) is 1. The van der Waals surface area contributed by atoms with Crippen LogP contribution in [0.4, 0.5) is 5.69 Å². The molecule has 0 saturated heterocycles. The Kier molecular flexibility index (Phi) is 3.72. The summed E-state index contributed by atoms with van der Waals surface area (Å²) in [7, 11) is 0. The molecule has 1 aliphatic carbocycles. The number of para-hydroxylation sites is 1. The van der Waals surface area contributed by atoms with E-state index >= 15 is 0 Å². The van der Waals surface area contributed by atoms with Crippen LogP contribution in [0, 0.1) is 5.92 Å². The molecule has 2 aromatic rings. The number of rotatable bonds is 3. The molecule has 20 heavy (non-hydrogen) atoms. The van der Waals surface area contributed by atoms with E-state index in [9.17, 15) is 0 Å². The normalized spacial score (nSPS) is 22.9. The molecule has 3 rings (SSSR count). The molecule has 2 unspecified atom stereocenters. The van der Waals surface area contributed by atoms with Crippen LogP contribution in [-0.4, -0.2) is 10.1 Å². The van der Waals surface area contributed by atoms with Crippen molar-refractivity contribution in [2.24, 2.45) is 5.92 Å². The fourth-order valence-corrected chi connectivity index (χ4v) is 3.10. The van der Waals surface area contributed by atoms with Crippen LogP contribution in [0.2, 0.25) is 0 Å². The number of nitrogen functional groups attached to an aromatic ring is 1. The minimum Gasteiger partial charge on any atom is -0.398 e. The van der Waals surface area contributed by atoms with Crippen LogP contribution in [0.3, 0.4) is 0 Å². The molecule has 0 radical (unpaired) electrons. The molecule has 106 valence electrons. The Hall–Kier alpha value is -1.84. The quantitative estimate of drug-likeness (QED) is 0.857. The van der Waals surface area contributed by atoms with E-state index in [0.29, 0.717) is 17.5 Å². The molecule has 1 aliphatic rings. The molecule has 0 bridgehead atoms. The van der Waals surface area contributed by atoms with Gasteiger partial charge in [0.15, 0.2) is 5.82 Å². The summed E-state index contributed by atoms with van der Waals surface area (Å²) in [5, 5.41) is 4.18. The third-order valence-electron chi connectivity index (χ3n) is 4.36.